The molecule has 17 heavy (non-hydrogen) atoms. The number of nitrogens with one attached hydrogen (secondary N) is 1. The van der Waals surface area contributed by atoms with Crippen LogP contribution < -0.4 is 5.32 Å². The van der Waals surface area contributed by atoms with Crippen LogP contribution in [0.3, 0.4) is 0 Å². The third kappa shape index (κ3) is 3.99. The summed E-state index contributed by atoms with van der Waals surface area (Å²) < 4.78 is 50.9. The van der Waals surface area contributed by atoms with Gasteiger partial charge < -0.3 is 9.88 Å². The second-order valence-electron chi connectivity index (χ2n) is 4.11. The van der Waals surface area contributed by atoms with Crippen LogP contribution in [0.5, 0.6) is 0 Å². The highest BCUT2D eigenvalue weighted by Gasteiger charge is 2.41. The van der Waals surface area contributed by atoms with Crippen LogP contribution >= 0.6 is 0 Å². The molecular formula is C10H15F4N3. The van der Waals surface area contributed by atoms with Crippen LogP contribution in [0.4, 0.5) is 17.6 Å². The minimum atomic E-state index is -4.03. The molecule has 0 saturated carbocycles. The van der Waals surface area contributed by atoms with Crippen LogP contribution in [0.15, 0.2) is 12.5 Å². The summed E-state index contributed by atoms with van der Waals surface area (Å²) in [5, 5.41) is 3.01. The molecule has 0 spiro atoms. The molecule has 0 unspecified atom stereocenters. The molecule has 0 aliphatic carbocycles. The van der Waals surface area contributed by atoms with Gasteiger partial charge in [0.25, 0.3) is 0 Å². The maximum absolute atomic E-state index is 12.9. The Bertz CT molecular complexity index is 349. The SMILES string of the molecule is CC(C)NCc1cncn1CC(F)(F)C(F)F. The first-order chi connectivity index (χ1) is 7.83. The lowest BCUT2D eigenvalue weighted by molar-refractivity contribution is -0.138. The number of nitrogens with zero attached hydrogens (tertiary/aromatic N) is 2. The van der Waals surface area contributed by atoms with E-state index in [0.29, 0.717) is 12.2 Å². The second kappa shape index (κ2) is 5.48. The molecule has 0 radical (unpaired) electrons. The third-order valence-electron chi connectivity index (χ3n) is 2.19. The molecule has 0 aliphatic rings. The predicted molar refractivity (Wildman–Crippen MR) is 55.2 cm³/mol. The average Bonchev–Trinajstić information content (AvgIpc) is 2.61. The highest BCUT2D eigenvalue weighted by atomic mass is 19.3. The van der Waals surface area contributed by atoms with E-state index in [2.05, 4.69) is 10.3 Å². The monoisotopic (exact) mass is 253 g/mol. The number of aromatic nitrogens is 2. The highest BCUT2D eigenvalue weighted by molar-refractivity contribution is 4.99. The van der Waals surface area contributed by atoms with Gasteiger partial charge >= 0.3 is 12.3 Å². The van der Waals surface area contributed by atoms with Gasteiger partial charge in [-0.05, 0) is 0 Å². The lowest BCUT2D eigenvalue weighted by atomic mass is 10.3. The topological polar surface area (TPSA) is 29.9 Å². The van der Waals surface area contributed by atoms with Crippen LogP contribution in [0.25, 0.3) is 0 Å². The summed E-state index contributed by atoms with van der Waals surface area (Å²) in [6, 6.07) is 0.175. The van der Waals surface area contributed by atoms with E-state index in [1.54, 1.807) is 0 Å². The van der Waals surface area contributed by atoms with Gasteiger partial charge in [0.2, 0.25) is 0 Å². The van der Waals surface area contributed by atoms with Crippen molar-refractivity contribution in [3.05, 3.63) is 18.2 Å². The van der Waals surface area contributed by atoms with Crippen LogP contribution in [0.1, 0.15) is 19.5 Å². The first-order valence-corrected chi connectivity index (χ1v) is 5.21. The Morgan fingerprint density at radius 2 is 2.06 bits per heavy atom. The average molecular weight is 253 g/mol. The Labute approximate surface area is 96.8 Å². The molecule has 1 heterocycles. The van der Waals surface area contributed by atoms with Crippen molar-refractivity contribution >= 4 is 0 Å². The zero-order valence-electron chi connectivity index (χ0n) is 9.63. The van der Waals surface area contributed by atoms with Gasteiger partial charge in [-0.3, -0.25) is 0 Å². The summed E-state index contributed by atoms with van der Waals surface area (Å²) in [5.74, 6) is -4.03. The Balaban J connectivity index is 2.69. The molecule has 1 N–H and O–H groups in total. The summed E-state index contributed by atoms with van der Waals surface area (Å²) in [7, 11) is 0. The Morgan fingerprint density at radius 1 is 1.41 bits per heavy atom. The molecule has 1 rings (SSSR count). The fraction of sp³-hybridized carbons (Fsp3) is 0.700. The minimum Gasteiger partial charge on any atom is -0.327 e. The maximum Gasteiger partial charge on any atom is 0.324 e. The van der Waals surface area contributed by atoms with Gasteiger partial charge in [-0.15, -0.1) is 0 Å². The molecule has 0 aromatic carbocycles. The molecule has 7 heteroatoms. The summed E-state index contributed by atoms with van der Waals surface area (Å²) >= 11 is 0. The van der Waals surface area contributed by atoms with Crippen molar-refractivity contribution in [1.29, 1.82) is 0 Å². The summed E-state index contributed by atoms with van der Waals surface area (Å²) in [6.07, 6.45) is -1.15. The van der Waals surface area contributed by atoms with Crippen molar-refractivity contribution in [2.24, 2.45) is 0 Å². The molecular weight excluding hydrogens is 238 g/mol. The van der Waals surface area contributed by atoms with Gasteiger partial charge in [0.1, 0.15) is 0 Å². The molecule has 1 aromatic rings. The smallest absolute Gasteiger partial charge is 0.324 e. The Hall–Kier alpha value is -1.11. The molecule has 0 atom stereocenters. The van der Waals surface area contributed by atoms with E-state index >= 15 is 0 Å². The number of alkyl halides is 4. The van der Waals surface area contributed by atoms with Crippen molar-refractivity contribution in [2.45, 2.75) is 45.3 Å². The lowest BCUT2D eigenvalue weighted by Crippen LogP contribution is -2.33. The van der Waals surface area contributed by atoms with E-state index in [-0.39, 0.29) is 6.04 Å². The number of hydrogen-bond donors (Lipinski definition) is 1. The van der Waals surface area contributed by atoms with Gasteiger partial charge in [0.15, 0.2) is 0 Å². The number of hydrogen-bond acceptors (Lipinski definition) is 2. The molecule has 0 saturated heterocycles. The van der Waals surface area contributed by atoms with Gasteiger partial charge in [0, 0.05) is 18.8 Å². The molecule has 0 aliphatic heterocycles. The first-order valence-electron chi connectivity index (χ1n) is 5.21. The number of rotatable bonds is 6. The zero-order chi connectivity index (χ0) is 13.1. The van der Waals surface area contributed by atoms with E-state index in [4.69, 9.17) is 0 Å². The fourth-order valence-electron chi connectivity index (χ4n) is 1.24. The predicted octanol–water partition coefficient (Wildman–Crippen LogP) is 2.28. The van der Waals surface area contributed by atoms with Gasteiger partial charge in [-0.1, -0.05) is 13.8 Å². The summed E-state index contributed by atoms with van der Waals surface area (Å²) in [4.78, 5) is 3.69. The van der Waals surface area contributed by atoms with Crippen LogP contribution in [0.2, 0.25) is 0 Å². The van der Waals surface area contributed by atoms with Crippen molar-refractivity contribution < 1.29 is 17.6 Å². The van der Waals surface area contributed by atoms with Gasteiger partial charge in [-0.25, -0.2) is 13.8 Å². The minimum absolute atomic E-state index is 0.175. The molecule has 0 bridgehead atoms. The van der Waals surface area contributed by atoms with Crippen molar-refractivity contribution in [1.82, 2.24) is 14.9 Å². The summed E-state index contributed by atoms with van der Waals surface area (Å²) in [6.45, 7) is 3.06. The first kappa shape index (κ1) is 14.0. The van der Waals surface area contributed by atoms with Crippen LogP contribution in [-0.2, 0) is 13.1 Å². The Morgan fingerprint density at radius 3 is 2.59 bits per heavy atom. The maximum atomic E-state index is 12.9. The molecule has 1 aromatic heterocycles. The molecule has 98 valence electrons. The number of halogens is 4. The van der Waals surface area contributed by atoms with Crippen molar-refractivity contribution in [3.8, 4) is 0 Å². The third-order valence-corrected chi connectivity index (χ3v) is 2.19. The van der Waals surface area contributed by atoms with E-state index in [0.717, 1.165) is 10.9 Å². The van der Waals surface area contributed by atoms with Crippen LogP contribution in [-0.4, -0.2) is 27.9 Å². The standard InChI is InChI=1S/C10H15F4N3/c1-7(2)16-4-8-3-15-6-17(8)5-10(13,14)9(11)12/h3,6-7,9,16H,4-5H2,1-2H3. The fourth-order valence-corrected chi connectivity index (χ4v) is 1.24. The Kier molecular flexibility index (Phi) is 4.50. The summed E-state index contributed by atoms with van der Waals surface area (Å²) in [5.41, 5.74) is 0.457. The van der Waals surface area contributed by atoms with Gasteiger partial charge in [-0.2, -0.15) is 8.78 Å². The quantitative estimate of drug-likeness (QED) is 0.788. The van der Waals surface area contributed by atoms with E-state index in [1.165, 1.54) is 6.20 Å². The van der Waals surface area contributed by atoms with E-state index in [1.807, 2.05) is 13.8 Å². The lowest BCUT2D eigenvalue weighted by Gasteiger charge is -2.18. The van der Waals surface area contributed by atoms with E-state index < -0.39 is 18.9 Å². The molecule has 0 fully saturated rings. The molecule has 0 amide bonds. The van der Waals surface area contributed by atoms with E-state index in [9.17, 15) is 17.6 Å². The second-order valence-corrected chi connectivity index (χ2v) is 4.11. The highest BCUT2D eigenvalue weighted by Crippen LogP contribution is 2.25. The molecule has 3 nitrogen and oxygen atoms in total. The zero-order valence-corrected chi connectivity index (χ0v) is 9.63. The number of imidazole rings is 1. The normalized spacial score (nSPS) is 12.7. The largest absolute Gasteiger partial charge is 0.327 e. The van der Waals surface area contributed by atoms with Gasteiger partial charge in [0.05, 0.1) is 18.6 Å². The van der Waals surface area contributed by atoms with Crippen molar-refractivity contribution in [2.75, 3.05) is 0 Å². The van der Waals surface area contributed by atoms with Crippen molar-refractivity contribution in [3.63, 3.8) is 0 Å². The van der Waals surface area contributed by atoms with Crippen LogP contribution in [0, 0.1) is 0 Å².